The topological polar surface area (TPSA) is 60.6 Å². The predicted molar refractivity (Wildman–Crippen MR) is 84.4 cm³/mol. The van der Waals surface area contributed by atoms with Crippen LogP contribution in [0.5, 0.6) is 5.75 Å². The van der Waals surface area contributed by atoms with Crippen LogP contribution in [0.1, 0.15) is 18.4 Å². The standard InChI is InChI=1S/C16H20F2N4O/c1-22(2)10-21-13-4-3-5-15(12(13)9-19)23-11-6-7-20-14(8-11)16(17)18/h3-5,10-11,14,16,20H,6-8H2,1-2H3. The summed E-state index contributed by atoms with van der Waals surface area (Å²) in [4.78, 5) is 6.00. The largest absolute Gasteiger partial charge is 0.489 e. The molecule has 0 radical (unpaired) electrons. The highest BCUT2D eigenvalue weighted by molar-refractivity contribution is 5.67. The zero-order chi connectivity index (χ0) is 16.8. The molecule has 1 fully saturated rings. The molecule has 124 valence electrons. The molecule has 0 amide bonds. The van der Waals surface area contributed by atoms with E-state index < -0.39 is 12.5 Å². The van der Waals surface area contributed by atoms with E-state index in [1.54, 1.807) is 29.4 Å². The zero-order valence-electron chi connectivity index (χ0n) is 13.2. The SMILES string of the molecule is CN(C)C=Nc1cccc(OC2CCNC(C(F)F)C2)c1C#N. The van der Waals surface area contributed by atoms with Crippen LogP contribution in [0.3, 0.4) is 0 Å². The van der Waals surface area contributed by atoms with E-state index in [0.29, 0.717) is 30.0 Å². The molecule has 0 spiro atoms. The van der Waals surface area contributed by atoms with Gasteiger partial charge in [0.15, 0.2) is 0 Å². The number of hydrogen-bond acceptors (Lipinski definition) is 4. The first-order valence-electron chi connectivity index (χ1n) is 7.43. The normalized spacial score (nSPS) is 21.4. The van der Waals surface area contributed by atoms with Crippen molar-refractivity contribution in [2.24, 2.45) is 4.99 Å². The number of aliphatic imine (C=N–C) groups is 1. The van der Waals surface area contributed by atoms with Crippen molar-refractivity contribution in [2.45, 2.75) is 31.4 Å². The molecule has 2 unspecified atom stereocenters. The second-order valence-electron chi connectivity index (χ2n) is 5.63. The van der Waals surface area contributed by atoms with Gasteiger partial charge in [-0.25, -0.2) is 13.8 Å². The van der Waals surface area contributed by atoms with Crippen molar-refractivity contribution in [3.05, 3.63) is 23.8 Å². The predicted octanol–water partition coefficient (Wildman–Crippen LogP) is 2.54. The molecule has 1 aromatic carbocycles. The van der Waals surface area contributed by atoms with E-state index in [0.717, 1.165) is 0 Å². The van der Waals surface area contributed by atoms with Crippen LogP contribution in [-0.4, -0.2) is 50.4 Å². The van der Waals surface area contributed by atoms with Gasteiger partial charge in [0.25, 0.3) is 6.43 Å². The Kier molecular flexibility index (Phi) is 5.88. The summed E-state index contributed by atoms with van der Waals surface area (Å²) in [6.45, 7) is 0.472. The third kappa shape index (κ3) is 4.63. The third-order valence-electron chi connectivity index (χ3n) is 3.53. The fourth-order valence-electron chi connectivity index (χ4n) is 2.41. The number of nitriles is 1. The summed E-state index contributed by atoms with van der Waals surface area (Å²) in [6, 6.07) is 6.36. The van der Waals surface area contributed by atoms with Crippen LogP contribution < -0.4 is 10.1 Å². The Labute approximate surface area is 134 Å². The molecule has 2 atom stereocenters. The third-order valence-corrected chi connectivity index (χ3v) is 3.53. The van der Waals surface area contributed by atoms with Crippen molar-refractivity contribution in [3.63, 3.8) is 0 Å². The van der Waals surface area contributed by atoms with Crippen LogP contribution >= 0.6 is 0 Å². The summed E-state index contributed by atoms with van der Waals surface area (Å²) in [7, 11) is 3.66. The Morgan fingerprint density at radius 2 is 2.26 bits per heavy atom. The first-order chi connectivity index (χ1) is 11.0. The molecule has 0 bridgehead atoms. The van der Waals surface area contributed by atoms with Crippen molar-refractivity contribution in [1.82, 2.24) is 10.2 Å². The number of rotatable bonds is 5. The molecule has 5 nitrogen and oxygen atoms in total. The van der Waals surface area contributed by atoms with Gasteiger partial charge in [0.1, 0.15) is 23.5 Å². The van der Waals surface area contributed by atoms with Gasteiger partial charge in [-0.2, -0.15) is 5.26 Å². The van der Waals surface area contributed by atoms with Crippen LogP contribution in [0, 0.1) is 11.3 Å². The van der Waals surface area contributed by atoms with Crippen LogP contribution in [0.4, 0.5) is 14.5 Å². The van der Waals surface area contributed by atoms with Crippen LogP contribution in [0.15, 0.2) is 23.2 Å². The minimum Gasteiger partial charge on any atom is -0.489 e. The molecular formula is C16H20F2N4O. The number of alkyl halides is 2. The smallest absolute Gasteiger partial charge is 0.253 e. The van der Waals surface area contributed by atoms with Gasteiger partial charge < -0.3 is 15.0 Å². The second-order valence-corrected chi connectivity index (χ2v) is 5.63. The van der Waals surface area contributed by atoms with Crippen molar-refractivity contribution in [2.75, 3.05) is 20.6 Å². The average Bonchev–Trinajstić information content (AvgIpc) is 2.53. The summed E-state index contributed by atoms with van der Waals surface area (Å²) in [5, 5.41) is 12.2. The first kappa shape index (κ1) is 17.2. The van der Waals surface area contributed by atoms with E-state index in [9.17, 15) is 14.0 Å². The lowest BCUT2D eigenvalue weighted by molar-refractivity contribution is 0.0464. The van der Waals surface area contributed by atoms with E-state index >= 15 is 0 Å². The van der Waals surface area contributed by atoms with Crippen LogP contribution in [-0.2, 0) is 0 Å². The molecule has 7 heteroatoms. The Hall–Kier alpha value is -2.20. The number of hydrogen-bond donors (Lipinski definition) is 1. The van der Waals surface area contributed by atoms with Crippen LogP contribution in [0.2, 0.25) is 0 Å². The van der Waals surface area contributed by atoms with Gasteiger partial charge in [-0.1, -0.05) is 6.07 Å². The number of ether oxygens (including phenoxy) is 1. The second kappa shape index (κ2) is 7.88. The lowest BCUT2D eigenvalue weighted by atomic mass is 10.0. The highest BCUT2D eigenvalue weighted by Crippen LogP contribution is 2.30. The molecule has 1 saturated heterocycles. The first-order valence-corrected chi connectivity index (χ1v) is 7.43. The molecule has 0 saturated carbocycles. The molecule has 1 aliphatic heterocycles. The molecule has 1 aliphatic rings. The van der Waals surface area contributed by atoms with Crippen LogP contribution in [0.25, 0.3) is 0 Å². The summed E-state index contributed by atoms with van der Waals surface area (Å²) in [6.07, 6.45) is -0.326. The lowest BCUT2D eigenvalue weighted by Gasteiger charge is -2.30. The fourth-order valence-corrected chi connectivity index (χ4v) is 2.41. The Balaban J connectivity index is 2.16. The quantitative estimate of drug-likeness (QED) is 0.668. The van der Waals surface area contributed by atoms with Crippen molar-refractivity contribution < 1.29 is 13.5 Å². The monoisotopic (exact) mass is 322 g/mol. The van der Waals surface area contributed by atoms with E-state index in [2.05, 4.69) is 16.4 Å². The minimum atomic E-state index is -2.42. The van der Waals surface area contributed by atoms with E-state index in [4.69, 9.17) is 4.74 Å². The Bertz CT molecular complexity index is 598. The maximum atomic E-state index is 12.8. The van der Waals surface area contributed by atoms with E-state index in [1.165, 1.54) is 0 Å². The van der Waals surface area contributed by atoms with Gasteiger partial charge in [0.05, 0.1) is 18.1 Å². The highest BCUT2D eigenvalue weighted by Gasteiger charge is 2.29. The molecule has 1 heterocycles. The van der Waals surface area contributed by atoms with Gasteiger partial charge in [0.2, 0.25) is 0 Å². The Morgan fingerprint density at radius 3 is 2.91 bits per heavy atom. The van der Waals surface area contributed by atoms with E-state index in [-0.39, 0.29) is 12.5 Å². The summed E-state index contributed by atoms with van der Waals surface area (Å²) in [5.74, 6) is 0.390. The molecule has 23 heavy (non-hydrogen) atoms. The fraction of sp³-hybridized carbons (Fsp3) is 0.500. The summed E-state index contributed by atoms with van der Waals surface area (Å²) < 4.78 is 31.5. The molecule has 1 aromatic rings. The summed E-state index contributed by atoms with van der Waals surface area (Å²) in [5.41, 5.74) is 0.816. The lowest BCUT2D eigenvalue weighted by Crippen LogP contribution is -2.46. The minimum absolute atomic E-state index is 0.216. The molecule has 0 aliphatic carbocycles. The van der Waals surface area contributed by atoms with Crippen molar-refractivity contribution >= 4 is 12.0 Å². The average molecular weight is 322 g/mol. The number of nitrogens with zero attached hydrogens (tertiary/aromatic N) is 3. The number of halogens is 2. The van der Waals surface area contributed by atoms with Gasteiger partial charge in [0, 0.05) is 20.5 Å². The zero-order valence-corrected chi connectivity index (χ0v) is 13.2. The van der Waals surface area contributed by atoms with Crippen molar-refractivity contribution in [1.29, 1.82) is 5.26 Å². The number of benzene rings is 1. The summed E-state index contributed by atoms with van der Waals surface area (Å²) >= 11 is 0. The van der Waals surface area contributed by atoms with Crippen molar-refractivity contribution in [3.8, 4) is 11.8 Å². The number of nitrogens with one attached hydrogen (secondary N) is 1. The maximum absolute atomic E-state index is 12.8. The van der Waals surface area contributed by atoms with Gasteiger partial charge >= 0.3 is 0 Å². The Morgan fingerprint density at radius 1 is 1.48 bits per heavy atom. The van der Waals surface area contributed by atoms with Gasteiger partial charge in [-0.15, -0.1) is 0 Å². The van der Waals surface area contributed by atoms with Gasteiger partial charge in [-0.3, -0.25) is 0 Å². The van der Waals surface area contributed by atoms with E-state index in [1.807, 2.05) is 14.1 Å². The number of piperidine rings is 1. The molecule has 1 N–H and O–H groups in total. The molecular weight excluding hydrogens is 302 g/mol. The molecule has 2 rings (SSSR count). The molecule has 0 aromatic heterocycles. The maximum Gasteiger partial charge on any atom is 0.253 e. The highest BCUT2D eigenvalue weighted by atomic mass is 19.3. The van der Waals surface area contributed by atoms with Gasteiger partial charge in [-0.05, 0) is 25.1 Å².